The van der Waals surface area contributed by atoms with E-state index in [1.54, 1.807) is 0 Å². The van der Waals surface area contributed by atoms with Crippen LogP contribution in [-0.4, -0.2) is 15.8 Å². The minimum absolute atomic E-state index is 0.0590. The minimum atomic E-state index is -4.77. The molecule has 2 aromatic rings. The molecule has 0 saturated carbocycles. The predicted octanol–water partition coefficient (Wildman–Crippen LogP) is 3.59. The molecule has 27 heavy (non-hydrogen) atoms. The Labute approximate surface area is 149 Å². The maximum absolute atomic E-state index is 12.7. The van der Waals surface area contributed by atoms with Gasteiger partial charge in [0.05, 0.1) is 21.0 Å². The number of carbonyl (C=O) groups excluding carboxylic acids is 1. The van der Waals surface area contributed by atoms with Crippen molar-refractivity contribution in [1.29, 1.82) is 0 Å². The van der Waals surface area contributed by atoms with E-state index in [0.717, 1.165) is 6.07 Å². The molecule has 9 nitrogen and oxygen atoms in total. The standard InChI is InChI=1S/C15H11F3N4O5/c1-8-10(3-2-4-12(8)21(24)25)14(23)20-19-11-6-5-9(15(16,17)18)7-13(11)22(26)27/h2-7,19H,1H3,(H,20,23). The Morgan fingerprint density at radius 2 is 1.67 bits per heavy atom. The molecule has 0 aromatic heterocycles. The van der Waals surface area contributed by atoms with Crippen LogP contribution in [-0.2, 0) is 6.18 Å². The van der Waals surface area contributed by atoms with Gasteiger partial charge in [-0.15, -0.1) is 0 Å². The van der Waals surface area contributed by atoms with E-state index >= 15 is 0 Å². The fraction of sp³-hybridized carbons (Fsp3) is 0.133. The third-order valence-corrected chi connectivity index (χ3v) is 3.58. The van der Waals surface area contributed by atoms with Crippen molar-refractivity contribution in [2.24, 2.45) is 0 Å². The van der Waals surface area contributed by atoms with Crippen molar-refractivity contribution in [3.8, 4) is 0 Å². The van der Waals surface area contributed by atoms with Crippen LogP contribution in [0, 0.1) is 27.2 Å². The topological polar surface area (TPSA) is 127 Å². The summed E-state index contributed by atoms with van der Waals surface area (Å²) in [6.45, 7) is 1.34. The number of benzene rings is 2. The van der Waals surface area contributed by atoms with Gasteiger partial charge >= 0.3 is 6.18 Å². The van der Waals surface area contributed by atoms with Crippen LogP contribution in [0.4, 0.5) is 30.2 Å². The summed E-state index contributed by atoms with van der Waals surface area (Å²) in [5.41, 5.74) is 1.42. The zero-order valence-electron chi connectivity index (χ0n) is 13.5. The monoisotopic (exact) mass is 384 g/mol. The Hall–Kier alpha value is -3.70. The summed E-state index contributed by atoms with van der Waals surface area (Å²) in [4.78, 5) is 32.4. The van der Waals surface area contributed by atoms with Gasteiger partial charge in [0, 0.05) is 17.7 Å². The number of nitro benzene ring substituents is 2. The van der Waals surface area contributed by atoms with Crippen molar-refractivity contribution in [3.63, 3.8) is 0 Å². The highest BCUT2D eigenvalue weighted by Crippen LogP contribution is 2.34. The lowest BCUT2D eigenvalue weighted by atomic mass is 10.1. The number of halogens is 3. The van der Waals surface area contributed by atoms with Crippen molar-refractivity contribution in [3.05, 3.63) is 73.3 Å². The second kappa shape index (κ2) is 7.27. The molecule has 0 bridgehead atoms. The summed E-state index contributed by atoms with van der Waals surface area (Å²) in [6, 6.07) is 5.50. The summed E-state index contributed by atoms with van der Waals surface area (Å²) >= 11 is 0. The second-order valence-corrected chi connectivity index (χ2v) is 5.27. The van der Waals surface area contributed by atoms with Crippen molar-refractivity contribution in [1.82, 2.24) is 5.43 Å². The number of nitrogens with one attached hydrogen (secondary N) is 2. The van der Waals surface area contributed by atoms with Crippen LogP contribution < -0.4 is 10.9 Å². The maximum atomic E-state index is 12.7. The van der Waals surface area contributed by atoms with Crippen LogP contribution in [0.3, 0.4) is 0 Å². The highest BCUT2D eigenvalue weighted by molar-refractivity contribution is 5.97. The van der Waals surface area contributed by atoms with Crippen LogP contribution >= 0.6 is 0 Å². The molecular weight excluding hydrogens is 373 g/mol. The summed E-state index contributed by atoms with van der Waals surface area (Å²) in [5.74, 6) is -0.856. The molecule has 12 heteroatoms. The number of rotatable bonds is 5. The van der Waals surface area contributed by atoms with Gasteiger partial charge in [0.1, 0.15) is 5.69 Å². The fourth-order valence-corrected chi connectivity index (χ4v) is 2.22. The average molecular weight is 384 g/mol. The molecule has 2 aromatic carbocycles. The van der Waals surface area contributed by atoms with Crippen LogP contribution in [0.5, 0.6) is 0 Å². The number of nitrogens with zero attached hydrogens (tertiary/aromatic N) is 2. The highest BCUT2D eigenvalue weighted by atomic mass is 19.4. The maximum Gasteiger partial charge on any atom is 0.416 e. The number of nitro groups is 2. The van der Waals surface area contributed by atoms with Crippen molar-refractivity contribution >= 4 is 23.0 Å². The Kier molecular flexibility index (Phi) is 5.28. The van der Waals surface area contributed by atoms with Crippen molar-refractivity contribution < 1.29 is 27.8 Å². The van der Waals surface area contributed by atoms with Crippen LogP contribution in [0.1, 0.15) is 21.5 Å². The number of carbonyl (C=O) groups is 1. The number of hydrogen-bond acceptors (Lipinski definition) is 6. The molecule has 0 spiro atoms. The van der Waals surface area contributed by atoms with Crippen LogP contribution in [0.2, 0.25) is 0 Å². The molecule has 0 aliphatic rings. The zero-order valence-corrected chi connectivity index (χ0v) is 13.5. The van der Waals surface area contributed by atoms with Gasteiger partial charge < -0.3 is 0 Å². The summed E-state index contributed by atoms with van der Waals surface area (Å²) in [7, 11) is 0. The lowest BCUT2D eigenvalue weighted by Crippen LogP contribution is -2.30. The first kappa shape index (κ1) is 19.6. The third kappa shape index (κ3) is 4.29. The second-order valence-electron chi connectivity index (χ2n) is 5.27. The van der Waals surface area contributed by atoms with Gasteiger partial charge in [-0.1, -0.05) is 6.07 Å². The van der Waals surface area contributed by atoms with E-state index in [0.29, 0.717) is 12.1 Å². The molecule has 0 unspecified atom stereocenters. The molecule has 0 aliphatic carbocycles. The molecule has 142 valence electrons. The Morgan fingerprint density at radius 3 is 2.22 bits per heavy atom. The first-order valence-corrected chi connectivity index (χ1v) is 7.18. The van der Waals surface area contributed by atoms with Crippen LogP contribution in [0.15, 0.2) is 36.4 Å². The molecule has 0 heterocycles. The van der Waals surface area contributed by atoms with E-state index in [1.807, 2.05) is 0 Å². The first-order chi connectivity index (χ1) is 12.5. The van der Waals surface area contributed by atoms with E-state index in [9.17, 15) is 38.2 Å². The van der Waals surface area contributed by atoms with E-state index in [4.69, 9.17) is 0 Å². The fourth-order valence-electron chi connectivity index (χ4n) is 2.22. The van der Waals surface area contributed by atoms with Gasteiger partial charge in [-0.3, -0.25) is 35.9 Å². The normalized spacial score (nSPS) is 11.0. The van der Waals surface area contributed by atoms with Gasteiger partial charge in [0.2, 0.25) is 0 Å². The predicted molar refractivity (Wildman–Crippen MR) is 87.0 cm³/mol. The molecule has 2 rings (SSSR count). The molecule has 0 atom stereocenters. The molecular formula is C15H11F3N4O5. The van der Waals surface area contributed by atoms with E-state index in [-0.39, 0.29) is 22.5 Å². The van der Waals surface area contributed by atoms with Gasteiger partial charge in [0.15, 0.2) is 0 Å². The van der Waals surface area contributed by atoms with Crippen molar-refractivity contribution in [2.75, 3.05) is 5.43 Å². The zero-order chi connectivity index (χ0) is 20.4. The van der Waals surface area contributed by atoms with Gasteiger partial charge in [-0.05, 0) is 25.1 Å². The SMILES string of the molecule is Cc1c(C(=O)NNc2ccc(C(F)(F)F)cc2[N+](=O)[O-])cccc1[N+](=O)[O-]. The largest absolute Gasteiger partial charge is 0.416 e. The Balaban J connectivity index is 2.27. The minimum Gasteiger partial charge on any atom is -0.292 e. The third-order valence-electron chi connectivity index (χ3n) is 3.58. The first-order valence-electron chi connectivity index (χ1n) is 7.18. The highest BCUT2D eigenvalue weighted by Gasteiger charge is 2.33. The van der Waals surface area contributed by atoms with E-state index in [2.05, 4.69) is 10.9 Å². The lowest BCUT2D eigenvalue weighted by Gasteiger charge is -2.12. The number of alkyl halides is 3. The Morgan fingerprint density at radius 1 is 1.04 bits per heavy atom. The molecule has 2 N–H and O–H groups in total. The molecule has 0 fully saturated rings. The number of anilines is 1. The van der Waals surface area contributed by atoms with Gasteiger partial charge in [-0.25, -0.2) is 0 Å². The summed E-state index contributed by atoms with van der Waals surface area (Å²) < 4.78 is 38.0. The molecule has 1 amide bonds. The Bertz CT molecular complexity index is 930. The number of hydrogen-bond donors (Lipinski definition) is 2. The quantitative estimate of drug-likeness (QED) is 0.599. The molecule has 0 saturated heterocycles. The average Bonchev–Trinajstić information content (AvgIpc) is 2.58. The van der Waals surface area contributed by atoms with Crippen molar-refractivity contribution in [2.45, 2.75) is 13.1 Å². The lowest BCUT2D eigenvalue weighted by molar-refractivity contribution is -0.385. The van der Waals surface area contributed by atoms with E-state index < -0.39 is 33.2 Å². The molecule has 0 radical (unpaired) electrons. The summed E-state index contributed by atoms with van der Waals surface area (Å²) in [6.07, 6.45) is -4.77. The van der Waals surface area contributed by atoms with E-state index in [1.165, 1.54) is 25.1 Å². The smallest absolute Gasteiger partial charge is 0.292 e. The van der Waals surface area contributed by atoms with Crippen LogP contribution in [0.25, 0.3) is 0 Å². The number of hydrazine groups is 1. The molecule has 0 aliphatic heterocycles. The number of amides is 1. The summed E-state index contributed by atoms with van der Waals surface area (Å²) in [5, 5.41) is 21.9. The van der Waals surface area contributed by atoms with Gasteiger partial charge in [-0.2, -0.15) is 13.2 Å². The van der Waals surface area contributed by atoms with Gasteiger partial charge in [0.25, 0.3) is 17.3 Å².